The van der Waals surface area contributed by atoms with Gasteiger partial charge in [-0.05, 0) is 48.6 Å². The summed E-state index contributed by atoms with van der Waals surface area (Å²) in [5.74, 6) is -1.23. The van der Waals surface area contributed by atoms with Crippen molar-refractivity contribution in [2.45, 2.75) is 49.9 Å². The number of likely N-dealkylation sites (tertiary alicyclic amines) is 1. The Morgan fingerprint density at radius 1 is 1.27 bits per heavy atom. The molecule has 2 aromatic carbocycles. The topological polar surface area (TPSA) is 106 Å². The van der Waals surface area contributed by atoms with Crippen molar-refractivity contribution >= 4 is 16.3 Å². The first-order valence-corrected chi connectivity index (χ1v) is 12.8. The van der Waals surface area contributed by atoms with Crippen LogP contribution in [0.5, 0.6) is 0 Å². The Labute approximate surface area is 211 Å². The first-order valence-electron chi connectivity index (χ1n) is 11.3. The molecule has 200 valence electrons. The van der Waals surface area contributed by atoms with E-state index < -0.39 is 39.1 Å². The highest BCUT2D eigenvalue weighted by Gasteiger charge is 2.46. The Kier molecular flexibility index (Phi) is 8.88. The molecule has 2 aliphatic heterocycles. The molecular weight excluding hydrogens is 519 g/mol. The minimum Gasteiger partial charge on any atom is -0.363 e. The molecule has 2 fully saturated rings. The first kappa shape index (κ1) is 28.5. The van der Waals surface area contributed by atoms with Gasteiger partial charge in [-0.2, -0.15) is 18.4 Å². The molecule has 37 heavy (non-hydrogen) atoms. The first-order chi connectivity index (χ1) is 17.4. The van der Waals surface area contributed by atoms with Crippen LogP contribution in [0.1, 0.15) is 24.0 Å². The molecule has 0 aliphatic carbocycles. The molecule has 2 heterocycles. The van der Waals surface area contributed by atoms with Crippen molar-refractivity contribution in [1.82, 2.24) is 9.62 Å². The van der Waals surface area contributed by atoms with E-state index in [-0.39, 0.29) is 36.6 Å². The Morgan fingerprint density at radius 3 is 2.49 bits per heavy atom. The Bertz CT molecular complexity index is 1260. The summed E-state index contributed by atoms with van der Waals surface area (Å²) in [5.41, 5.74) is -4.18. The van der Waals surface area contributed by atoms with Crippen molar-refractivity contribution in [3.8, 4) is 17.2 Å². The number of rotatable bonds is 6. The normalized spacial score (nSPS) is 22.7. The number of ether oxygens (including phenoxy) is 1. The quantitative estimate of drug-likeness (QED) is 0.414. The number of amides is 1. The predicted octanol–water partition coefficient (Wildman–Crippen LogP) is 4.45. The maximum absolute atomic E-state index is 15.2. The molecule has 0 saturated carbocycles. The summed E-state index contributed by atoms with van der Waals surface area (Å²) in [6, 6.07) is 8.39. The fourth-order valence-corrected chi connectivity index (χ4v) is 4.94. The Morgan fingerprint density at radius 2 is 1.97 bits per heavy atom. The van der Waals surface area contributed by atoms with Gasteiger partial charge in [-0.25, -0.2) is 22.5 Å². The third kappa shape index (κ3) is 6.82. The minimum absolute atomic E-state index is 0.0275. The second-order valence-corrected chi connectivity index (χ2v) is 10.5. The van der Waals surface area contributed by atoms with E-state index in [0.29, 0.717) is 17.5 Å². The van der Waals surface area contributed by atoms with Crippen molar-refractivity contribution in [1.29, 1.82) is 10.0 Å². The molecule has 2 N–H and O–H groups in total. The zero-order valence-corrected chi connectivity index (χ0v) is 20.5. The molecule has 13 heteroatoms. The summed E-state index contributed by atoms with van der Waals surface area (Å²) in [6.07, 6.45) is 1.14. The van der Waals surface area contributed by atoms with E-state index in [4.69, 9.17) is 14.8 Å². The lowest BCUT2D eigenvalue weighted by atomic mass is 9.95. The second kappa shape index (κ2) is 11.5. The van der Waals surface area contributed by atoms with Crippen LogP contribution in [0.25, 0.3) is 11.1 Å². The van der Waals surface area contributed by atoms with Gasteiger partial charge in [0.25, 0.3) is 0 Å². The van der Waals surface area contributed by atoms with E-state index in [1.54, 1.807) is 13.0 Å². The fourth-order valence-electron chi connectivity index (χ4n) is 4.10. The van der Waals surface area contributed by atoms with Crippen molar-refractivity contribution < 1.29 is 35.7 Å². The van der Waals surface area contributed by atoms with Crippen LogP contribution in [0.4, 0.5) is 22.0 Å². The molecule has 4 rings (SSSR count). The number of carbonyl (C=O) groups is 1. The molecule has 2 saturated heterocycles. The third-order valence-corrected chi connectivity index (χ3v) is 7.36. The smallest absolute Gasteiger partial charge is 0.363 e. The van der Waals surface area contributed by atoms with E-state index in [0.717, 1.165) is 13.0 Å². The highest BCUT2D eigenvalue weighted by molar-refractivity contribution is 7.91. The number of alkyl halides is 3. The lowest BCUT2D eigenvalue weighted by Crippen LogP contribution is -2.48. The number of nitrogens with zero attached hydrogens (tertiary/aromatic N) is 2. The van der Waals surface area contributed by atoms with Crippen molar-refractivity contribution in [2.75, 3.05) is 13.2 Å². The van der Waals surface area contributed by atoms with E-state index in [2.05, 4.69) is 0 Å². The molecule has 4 unspecified atom stereocenters. The Balaban J connectivity index is 0.000000555. The number of carbonyl (C=O) groups excluding carboxylic acids is 1. The van der Waals surface area contributed by atoms with Gasteiger partial charge >= 0.3 is 5.51 Å². The summed E-state index contributed by atoms with van der Waals surface area (Å²) in [5, 5.41) is 8.01. The van der Waals surface area contributed by atoms with Crippen LogP contribution in [0.15, 0.2) is 36.4 Å². The van der Waals surface area contributed by atoms with E-state index in [9.17, 15) is 26.6 Å². The number of benzene rings is 2. The molecule has 2 aliphatic rings. The van der Waals surface area contributed by atoms with E-state index in [1.807, 2.05) is 10.8 Å². The molecule has 1 amide bonds. The van der Waals surface area contributed by atoms with Gasteiger partial charge in [0.15, 0.2) is 0 Å². The number of nitrogens with one attached hydrogen (secondary N) is 2. The van der Waals surface area contributed by atoms with Gasteiger partial charge < -0.3 is 9.64 Å². The third-order valence-electron chi connectivity index (χ3n) is 6.07. The van der Waals surface area contributed by atoms with Gasteiger partial charge in [-0.3, -0.25) is 4.79 Å². The van der Waals surface area contributed by atoms with Crippen molar-refractivity contribution in [3.05, 3.63) is 59.2 Å². The van der Waals surface area contributed by atoms with Gasteiger partial charge in [0.05, 0.1) is 18.7 Å². The maximum atomic E-state index is 15.2. The van der Waals surface area contributed by atoms with Crippen molar-refractivity contribution in [3.63, 3.8) is 0 Å². The van der Waals surface area contributed by atoms with Crippen LogP contribution in [-0.2, 0) is 25.9 Å². The summed E-state index contributed by atoms with van der Waals surface area (Å²) in [4.78, 5) is 12.6. The molecule has 0 radical (unpaired) electrons. The number of hydrogen-bond donors (Lipinski definition) is 2. The Hall–Kier alpha value is -3.08. The van der Waals surface area contributed by atoms with Crippen LogP contribution < -0.4 is 4.72 Å². The monoisotopic (exact) mass is 544 g/mol. The number of nitriles is 1. The fraction of sp³-hybridized carbons (Fsp3) is 0.417. The predicted molar refractivity (Wildman–Crippen MR) is 125 cm³/mol. The molecule has 4 atom stereocenters. The standard InChI is InChI=1S/C20H20F5N3O2S.C4H5NO/c1-12-7-14(9-15(21)8-12)16-4-2-3-13(19(16)22)10-18-17(5-6-28(18)11-29)27-31(26,30)20(23,24)25;5-3-4-1-2-6-4/h2-4,7-9,11,17-18H,5-6,10H2,1H3,(H2,26,27,30);4H,1-2H2. The summed E-state index contributed by atoms with van der Waals surface area (Å²) < 4.78 is 93.1. The summed E-state index contributed by atoms with van der Waals surface area (Å²) >= 11 is 0. The van der Waals surface area contributed by atoms with Crippen molar-refractivity contribution in [2.24, 2.45) is 0 Å². The largest absolute Gasteiger partial charge is 0.492 e. The van der Waals surface area contributed by atoms with E-state index in [1.165, 1.54) is 35.2 Å². The summed E-state index contributed by atoms with van der Waals surface area (Å²) in [7, 11) is -5.14. The number of aryl methyl sites for hydroxylation is 1. The molecule has 0 spiro atoms. The summed E-state index contributed by atoms with van der Waals surface area (Å²) in [6.45, 7) is 2.51. The lowest BCUT2D eigenvalue weighted by Gasteiger charge is -2.27. The zero-order valence-electron chi connectivity index (χ0n) is 19.7. The van der Waals surface area contributed by atoms with E-state index >= 15 is 4.39 Å². The van der Waals surface area contributed by atoms with Gasteiger partial charge in [0.1, 0.15) is 17.7 Å². The average Bonchev–Trinajstić information content (AvgIpc) is 3.14. The molecule has 7 nitrogen and oxygen atoms in total. The van der Waals surface area contributed by atoms with Crippen LogP contribution in [-0.4, -0.2) is 52.4 Å². The highest BCUT2D eigenvalue weighted by atomic mass is 32.2. The van der Waals surface area contributed by atoms with Gasteiger partial charge in [0.2, 0.25) is 16.3 Å². The number of halogens is 5. The zero-order chi connectivity index (χ0) is 27.4. The minimum atomic E-state index is -5.29. The maximum Gasteiger partial charge on any atom is 0.492 e. The van der Waals surface area contributed by atoms with Gasteiger partial charge in [-0.15, -0.1) is 0 Å². The van der Waals surface area contributed by atoms with Crippen LogP contribution in [0.2, 0.25) is 0 Å². The second-order valence-electron chi connectivity index (χ2n) is 8.70. The van der Waals surface area contributed by atoms with Crippen LogP contribution in [0, 0.1) is 34.7 Å². The molecular formula is C24H25F5N4O3S. The average molecular weight is 545 g/mol. The lowest BCUT2D eigenvalue weighted by molar-refractivity contribution is -0.118. The van der Waals surface area contributed by atoms with Crippen LogP contribution in [0.3, 0.4) is 0 Å². The number of hydrogen-bond acceptors (Lipinski definition) is 5. The molecule has 0 aromatic heterocycles. The van der Waals surface area contributed by atoms with Gasteiger partial charge in [0, 0.05) is 24.6 Å². The van der Waals surface area contributed by atoms with Gasteiger partial charge in [-0.1, -0.05) is 24.3 Å². The highest BCUT2D eigenvalue weighted by Crippen LogP contribution is 2.31. The molecule has 2 aromatic rings. The van der Waals surface area contributed by atoms with Crippen LogP contribution >= 0.6 is 0 Å². The molecule has 0 bridgehead atoms. The SMILES string of the molecule is Cc1cc(F)cc(-c2cccc(CC3C(NS(=N)(=O)C(F)(F)F)CCN3C=O)c2F)c1.N#CC1CCO1.